The van der Waals surface area contributed by atoms with Crippen LogP contribution in [0, 0.1) is 11.8 Å². The summed E-state index contributed by atoms with van der Waals surface area (Å²) >= 11 is 0. The van der Waals surface area contributed by atoms with E-state index in [1.165, 1.54) is 6.26 Å². The minimum Gasteiger partial charge on any atom is -0.499 e. The first-order valence-corrected chi connectivity index (χ1v) is 29.5. The zero-order chi connectivity index (χ0) is 60.6. The summed E-state index contributed by atoms with van der Waals surface area (Å²) in [7, 11) is 0. The Balaban J connectivity index is 1.35. The molecule has 2 aromatic rings. The van der Waals surface area contributed by atoms with E-state index >= 15 is 0 Å². The number of ketones is 1. The Labute approximate surface area is 496 Å². The van der Waals surface area contributed by atoms with Crippen LogP contribution in [0.15, 0.2) is 25.2 Å². The average Bonchev–Trinajstić information content (AvgIpc) is 4.21. The molecule has 28 heteroatoms. The van der Waals surface area contributed by atoms with E-state index in [2.05, 4.69) is 43.2 Å². The lowest BCUT2D eigenvalue weighted by Crippen LogP contribution is -2.31. The summed E-state index contributed by atoms with van der Waals surface area (Å²) in [5.41, 5.74) is 1.42. The fourth-order valence-electron chi connectivity index (χ4n) is 6.81. The number of rotatable bonds is 63. The van der Waals surface area contributed by atoms with Crippen molar-refractivity contribution in [3.63, 3.8) is 0 Å². The number of nitrogens with zero attached hydrogens (tertiary/aromatic N) is 6. The fourth-order valence-corrected chi connectivity index (χ4v) is 6.81. The quantitative estimate of drug-likeness (QED) is 0.0619. The van der Waals surface area contributed by atoms with Crippen molar-refractivity contribution in [2.75, 3.05) is 205 Å². The van der Waals surface area contributed by atoms with Gasteiger partial charge in [0.2, 0.25) is 17.7 Å². The second-order valence-electron chi connectivity index (χ2n) is 19.2. The molecule has 0 radical (unpaired) electrons. The van der Waals surface area contributed by atoms with Crippen LogP contribution >= 0.6 is 0 Å². The molecule has 484 valence electrons. The van der Waals surface area contributed by atoms with E-state index < -0.39 is 0 Å². The average molecular weight is 1200 g/mol. The van der Waals surface area contributed by atoms with Gasteiger partial charge in [-0.1, -0.05) is 44.7 Å². The molecule has 2 aromatic heterocycles. The van der Waals surface area contributed by atoms with Crippen molar-refractivity contribution in [2.45, 2.75) is 85.4 Å². The molecule has 3 N–H and O–H groups in total. The number of amides is 3. The first kappa shape index (κ1) is 75.4. The molecule has 1 atom stereocenters. The Hall–Kier alpha value is -4.66. The highest BCUT2D eigenvalue weighted by Gasteiger charge is 2.12. The van der Waals surface area contributed by atoms with Crippen molar-refractivity contribution in [3.8, 4) is 0 Å². The minimum atomic E-state index is -0.335. The predicted molar refractivity (Wildman–Crippen MR) is 306 cm³/mol. The Morgan fingerprint density at radius 1 is 0.452 bits per heavy atom. The van der Waals surface area contributed by atoms with E-state index in [0.717, 1.165) is 6.42 Å². The van der Waals surface area contributed by atoms with Gasteiger partial charge in [0, 0.05) is 82.6 Å². The highest BCUT2D eigenvalue weighted by Crippen LogP contribution is 2.04. The van der Waals surface area contributed by atoms with Crippen LogP contribution < -0.4 is 16.0 Å². The number of nitrogens with one attached hydrogen (secondary N) is 3. The maximum Gasteiger partial charge on any atom is 0.222 e. The number of carbonyl (C=O) groups is 4. The maximum atomic E-state index is 12.3. The molecule has 0 aromatic carbocycles. The second kappa shape index (κ2) is 55.0. The number of aromatic nitrogens is 6. The van der Waals surface area contributed by atoms with Crippen molar-refractivity contribution >= 4 is 23.5 Å². The van der Waals surface area contributed by atoms with Gasteiger partial charge in [-0.05, 0) is 6.42 Å². The summed E-state index contributed by atoms with van der Waals surface area (Å²) in [6.45, 7) is 25.1. The monoisotopic (exact) mass is 1200 g/mol. The number of hydrogen-bond donors (Lipinski definition) is 3. The highest BCUT2D eigenvalue weighted by molar-refractivity contribution is 5.80. The highest BCUT2D eigenvalue weighted by atomic mass is 16.6. The Morgan fingerprint density at radius 2 is 0.821 bits per heavy atom. The van der Waals surface area contributed by atoms with Gasteiger partial charge in [-0.25, -0.2) is 9.36 Å². The molecule has 0 saturated heterocycles. The predicted octanol–water partition coefficient (Wildman–Crippen LogP) is 1.21. The SMILES string of the molecule is C=COCC(COCCOCCn1cc(CCC(=O)NCCOCCOCCOCCOCCOCCNC(=O)C(C)C)nn1)OCCOCCn1cc(CCC(=O)NCCOCCOCCOCCOCCOCCCC(=O)C(C)C)nn1. The van der Waals surface area contributed by atoms with Gasteiger partial charge in [0.1, 0.15) is 18.5 Å². The number of ether oxygens (including phenoxy) is 15. The molecule has 0 aliphatic heterocycles. The zero-order valence-corrected chi connectivity index (χ0v) is 50.7. The van der Waals surface area contributed by atoms with Gasteiger partial charge < -0.3 is 87.0 Å². The van der Waals surface area contributed by atoms with Crippen molar-refractivity contribution in [2.24, 2.45) is 11.8 Å². The van der Waals surface area contributed by atoms with E-state index in [1.807, 2.05) is 27.7 Å². The van der Waals surface area contributed by atoms with Gasteiger partial charge in [-0.15, -0.1) is 10.2 Å². The Morgan fingerprint density at radius 3 is 1.23 bits per heavy atom. The van der Waals surface area contributed by atoms with Crippen LogP contribution in [0.1, 0.15) is 64.8 Å². The van der Waals surface area contributed by atoms with Crippen LogP contribution in [-0.4, -0.2) is 264 Å². The summed E-state index contributed by atoms with van der Waals surface area (Å²) in [4.78, 5) is 47.7. The van der Waals surface area contributed by atoms with Gasteiger partial charge in [0.05, 0.1) is 203 Å². The van der Waals surface area contributed by atoms with Crippen LogP contribution in [-0.2, 0) is 116 Å². The topological polar surface area (TPSA) is 304 Å². The van der Waals surface area contributed by atoms with Crippen molar-refractivity contribution in [1.29, 1.82) is 0 Å². The summed E-state index contributed by atoms with van der Waals surface area (Å²) in [6, 6.07) is 0. The van der Waals surface area contributed by atoms with Crippen LogP contribution in [0.4, 0.5) is 0 Å². The van der Waals surface area contributed by atoms with E-state index in [4.69, 9.17) is 71.1 Å². The standard InChI is InChI=1S/C56H101N9O19/c1-6-70-46-52(84-43-42-76-23-17-65-45-51(61-63-65)10-12-55(68)58-14-20-72-25-29-78-33-37-81-36-32-77-28-24-71-18-7-8-53(66)48(2)3)47-83-41-40-75-22-16-64-44-50(60-62-64)9-11-54(67)57-13-19-73-26-30-79-34-38-82-39-35-80-31-27-74-21-15-59-56(69)49(4)5/h6,44-45,48-49,52H,1,7-43,46-47H2,2-5H3,(H,57,67)(H,58,68)(H,59,69). The summed E-state index contributed by atoms with van der Waals surface area (Å²) < 4.78 is 86.7. The van der Waals surface area contributed by atoms with E-state index in [-0.39, 0.29) is 60.9 Å². The van der Waals surface area contributed by atoms with Crippen LogP contribution in [0.3, 0.4) is 0 Å². The van der Waals surface area contributed by atoms with Crippen LogP contribution in [0.5, 0.6) is 0 Å². The lowest BCUT2D eigenvalue weighted by molar-refractivity contribution is -0.124. The van der Waals surface area contributed by atoms with Gasteiger partial charge >= 0.3 is 0 Å². The van der Waals surface area contributed by atoms with E-state index in [0.29, 0.717) is 242 Å². The minimum absolute atomic E-state index is 0.0136. The summed E-state index contributed by atoms with van der Waals surface area (Å²) in [5.74, 6) is 0.117. The molecule has 2 heterocycles. The molecule has 3 amide bonds. The maximum absolute atomic E-state index is 12.3. The number of Topliss-reactive ketones (excluding diaryl/α,β-unsaturated/α-hetero) is 1. The zero-order valence-electron chi connectivity index (χ0n) is 50.7. The molecular weight excluding hydrogens is 1100 g/mol. The molecule has 28 nitrogen and oxygen atoms in total. The fraction of sp³-hybridized carbons (Fsp3) is 0.821. The Kier molecular flexibility index (Phi) is 49.4. The van der Waals surface area contributed by atoms with Crippen LogP contribution in [0.2, 0.25) is 0 Å². The first-order chi connectivity index (χ1) is 41.1. The van der Waals surface area contributed by atoms with Crippen molar-refractivity contribution in [3.05, 3.63) is 36.6 Å². The molecule has 0 aliphatic rings. The molecule has 0 saturated carbocycles. The number of aryl methyl sites for hydroxylation is 2. The van der Waals surface area contributed by atoms with E-state index in [1.54, 1.807) is 21.8 Å². The molecule has 0 aliphatic carbocycles. The normalized spacial score (nSPS) is 11.9. The smallest absolute Gasteiger partial charge is 0.222 e. The van der Waals surface area contributed by atoms with Crippen molar-refractivity contribution in [1.82, 2.24) is 45.9 Å². The molecule has 0 spiro atoms. The molecule has 2 rings (SSSR count). The van der Waals surface area contributed by atoms with E-state index in [9.17, 15) is 19.2 Å². The largest absolute Gasteiger partial charge is 0.499 e. The third-order valence-corrected chi connectivity index (χ3v) is 11.5. The molecule has 0 bridgehead atoms. The third kappa shape index (κ3) is 46.6. The number of hydrogen-bond acceptors (Lipinski definition) is 23. The Bertz CT molecular complexity index is 1900. The summed E-state index contributed by atoms with van der Waals surface area (Å²) in [6.07, 6.45) is 7.38. The molecular formula is C56H101N9O19. The molecule has 1 unspecified atom stereocenters. The lowest BCUT2D eigenvalue weighted by atomic mass is 10.1. The summed E-state index contributed by atoms with van der Waals surface area (Å²) in [5, 5.41) is 25.1. The van der Waals surface area contributed by atoms with Crippen molar-refractivity contribution < 1.29 is 90.2 Å². The second-order valence-corrected chi connectivity index (χ2v) is 19.2. The van der Waals surface area contributed by atoms with Gasteiger partial charge in [-0.2, -0.15) is 0 Å². The van der Waals surface area contributed by atoms with Gasteiger partial charge in [-0.3, -0.25) is 19.2 Å². The van der Waals surface area contributed by atoms with Gasteiger partial charge in [0.15, 0.2) is 0 Å². The molecule has 0 fully saturated rings. The number of carbonyl (C=O) groups excluding carboxylic acids is 4. The molecule has 84 heavy (non-hydrogen) atoms. The van der Waals surface area contributed by atoms with Gasteiger partial charge in [0.25, 0.3) is 0 Å². The first-order valence-electron chi connectivity index (χ1n) is 29.5. The lowest BCUT2D eigenvalue weighted by Gasteiger charge is -2.17. The van der Waals surface area contributed by atoms with Crippen LogP contribution in [0.25, 0.3) is 0 Å². The third-order valence-electron chi connectivity index (χ3n) is 11.5.